The number of nitrogens with zero attached hydrogens (tertiary/aromatic N) is 1. The lowest BCUT2D eigenvalue weighted by molar-refractivity contribution is -0.137. The van der Waals surface area contributed by atoms with E-state index in [1.54, 1.807) is 6.07 Å². The number of methoxy groups -OCH3 is 2. The van der Waals surface area contributed by atoms with Crippen LogP contribution in [-0.2, 0) is 22.3 Å². The number of hydrogen-bond acceptors (Lipinski definition) is 4. The first-order valence-corrected chi connectivity index (χ1v) is 9.67. The number of carbonyl (C=O) groups is 2. The third-order valence-electron chi connectivity index (χ3n) is 4.96. The molecule has 2 aromatic carbocycles. The average molecular weight is 457 g/mol. The van der Waals surface area contributed by atoms with E-state index >= 15 is 0 Å². The van der Waals surface area contributed by atoms with Crippen molar-refractivity contribution in [1.29, 1.82) is 0 Å². The third-order valence-corrected chi connectivity index (χ3v) is 5.26. The highest BCUT2D eigenvalue weighted by molar-refractivity contribution is 6.32. The third kappa shape index (κ3) is 5.04. The first-order chi connectivity index (χ1) is 14.6. The van der Waals surface area contributed by atoms with Crippen molar-refractivity contribution in [1.82, 2.24) is 5.32 Å². The molecule has 1 atom stereocenters. The van der Waals surface area contributed by atoms with Gasteiger partial charge in [0.05, 0.1) is 36.4 Å². The summed E-state index contributed by atoms with van der Waals surface area (Å²) in [7, 11) is 2.89. The van der Waals surface area contributed by atoms with Gasteiger partial charge in [-0.25, -0.2) is 0 Å². The predicted octanol–water partition coefficient (Wildman–Crippen LogP) is 4.05. The lowest BCUT2D eigenvalue weighted by Crippen LogP contribution is -2.32. The van der Waals surface area contributed by atoms with Crippen LogP contribution in [0.5, 0.6) is 11.5 Å². The molecule has 0 radical (unpaired) electrons. The summed E-state index contributed by atoms with van der Waals surface area (Å²) in [6, 6.07) is 7.80. The molecule has 166 valence electrons. The summed E-state index contributed by atoms with van der Waals surface area (Å²) in [6.07, 6.45) is -4.50. The van der Waals surface area contributed by atoms with Crippen LogP contribution in [0.2, 0.25) is 5.02 Å². The topological polar surface area (TPSA) is 67.9 Å². The summed E-state index contributed by atoms with van der Waals surface area (Å²) in [5, 5.41) is 2.89. The molecule has 1 aliphatic heterocycles. The van der Waals surface area contributed by atoms with Crippen molar-refractivity contribution in [2.45, 2.75) is 19.1 Å². The van der Waals surface area contributed by atoms with Gasteiger partial charge in [0.15, 0.2) is 0 Å². The molecule has 31 heavy (non-hydrogen) atoms. The van der Waals surface area contributed by atoms with Crippen LogP contribution in [0.25, 0.3) is 0 Å². The predicted molar refractivity (Wildman–Crippen MR) is 108 cm³/mol. The Morgan fingerprint density at radius 2 is 1.90 bits per heavy atom. The fourth-order valence-electron chi connectivity index (χ4n) is 3.36. The molecule has 2 aromatic rings. The molecule has 0 spiro atoms. The summed E-state index contributed by atoms with van der Waals surface area (Å²) in [5.41, 5.74) is -0.0654. The standard InChI is InChI=1S/C21H20ClF3N2O4/c1-30-17-9-18(31-2)16(8-15(17)22)27-11-13(7-19(27)28)20(29)26-10-12-4-3-5-14(6-12)21(23,24)25/h3-6,8-9,13H,7,10-11H2,1-2H3,(H,26,29)/t13-/m1/s1. The maximum Gasteiger partial charge on any atom is 0.416 e. The van der Waals surface area contributed by atoms with Crippen LogP contribution >= 0.6 is 11.6 Å². The molecule has 0 bridgehead atoms. The SMILES string of the molecule is COc1cc(OC)c(N2C[C@H](C(=O)NCc3cccc(C(F)(F)F)c3)CC2=O)cc1Cl. The van der Waals surface area contributed by atoms with Gasteiger partial charge in [-0.1, -0.05) is 23.7 Å². The number of anilines is 1. The Morgan fingerprint density at radius 3 is 2.55 bits per heavy atom. The Balaban J connectivity index is 1.69. The van der Waals surface area contributed by atoms with E-state index in [-0.39, 0.29) is 30.4 Å². The van der Waals surface area contributed by atoms with Crippen LogP contribution < -0.4 is 19.7 Å². The van der Waals surface area contributed by atoms with E-state index in [1.807, 2.05) is 0 Å². The molecule has 1 N–H and O–H groups in total. The van der Waals surface area contributed by atoms with E-state index in [9.17, 15) is 22.8 Å². The number of halogens is 4. The number of alkyl halides is 3. The fraction of sp³-hybridized carbons (Fsp3) is 0.333. The zero-order chi connectivity index (χ0) is 22.8. The summed E-state index contributed by atoms with van der Waals surface area (Å²) in [6.45, 7) is 0.0113. The van der Waals surface area contributed by atoms with Crippen LogP contribution in [-0.4, -0.2) is 32.6 Å². The molecule has 1 fully saturated rings. The Hall–Kier alpha value is -2.94. The minimum absolute atomic E-state index is 0.0404. The highest BCUT2D eigenvalue weighted by atomic mass is 35.5. The molecule has 0 aliphatic carbocycles. The zero-order valence-corrected chi connectivity index (χ0v) is 17.5. The molecule has 3 rings (SSSR count). The summed E-state index contributed by atoms with van der Waals surface area (Å²) in [5.74, 6) is -0.640. The van der Waals surface area contributed by atoms with Crippen molar-refractivity contribution in [3.8, 4) is 11.5 Å². The van der Waals surface area contributed by atoms with Crippen molar-refractivity contribution in [3.63, 3.8) is 0 Å². The zero-order valence-electron chi connectivity index (χ0n) is 16.8. The Kier molecular flexibility index (Phi) is 6.64. The van der Waals surface area contributed by atoms with Crippen LogP contribution in [0.15, 0.2) is 36.4 Å². The van der Waals surface area contributed by atoms with Crippen LogP contribution in [0.1, 0.15) is 17.5 Å². The molecule has 1 saturated heterocycles. The van der Waals surface area contributed by atoms with E-state index in [1.165, 1.54) is 37.3 Å². The van der Waals surface area contributed by atoms with Crippen molar-refractivity contribution < 1.29 is 32.2 Å². The number of rotatable bonds is 6. The Labute approximate surface area is 181 Å². The van der Waals surface area contributed by atoms with Gasteiger partial charge in [-0.2, -0.15) is 13.2 Å². The number of amides is 2. The van der Waals surface area contributed by atoms with E-state index in [0.29, 0.717) is 22.7 Å². The molecular formula is C21H20ClF3N2O4. The van der Waals surface area contributed by atoms with E-state index in [4.69, 9.17) is 21.1 Å². The van der Waals surface area contributed by atoms with Gasteiger partial charge in [-0.05, 0) is 23.8 Å². The molecule has 0 aromatic heterocycles. The van der Waals surface area contributed by atoms with Gasteiger partial charge < -0.3 is 19.7 Å². The fourth-order valence-corrected chi connectivity index (χ4v) is 3.60. The Bertz CT molecular complexity index is 997. The highest BCUT2D eigenvalue weighted by Gasteiger charge is 2.37. The molecular weight excluding hydrogens is 437 g/mol. The second-order valence-electron chi connectivity index (χ2n) is 6.98. The monoisotopic (exact) mass is 456 g/mol. The lowest BCUT2D eigenvalue weighted by Gasteiger charge is -2.21. The molecule has 0 saturated carbocycles. The summed E-state index contributed by atoms with van der Waals surface area (Å²) < 4.78 is 49.0. The number of hydrogen-bond donors (Lipinski definition) is 1. The first-order valence-electron chi connectivity index (χ1n) is 9.29. The lowest BCUT2D eigenvalue weighted by atomic mass is 10.1. The van der Waals surface area contributed by atoms with Gasteiger partial charge >= 0.3 is 6.18 Å². The molecule has 2 amide bonds. The molecule has 6 nitrogen and oxygen atoms in total. The van der Waals surface area contributed by atoms with E-state index < -0.39 is 23.6 Å². The van der Waals surface area contributed by atoms with E-state index in [2.05, 4.69) is 5.32 Å². The molecule has 10 heteroatoms. The van der Waals surface area contributed by atoms with Crippen molar-refractivity contribution in [2.75, 3.05) is 25.7 Å². The number of carbonyl (C=O) groups excluding carboxylic acids is 2. The van der Waals surface area contributed by atoms with Gasteiger partial charge in [0.1, 0.15) is 11.5 Å². The number of nitrogens with one attached hydrogen (secondary N) is 1. The quantitative estimate of drug-likeness (QED) is 0.712. The molecule has 1 aliphatic rings. The van der Waals surface area contributed by atoms with Gasteiger partial charge in [-0.15, -0.1) is 0 Å². The minimum Gasteiger partial charge on any atom is -0.495 e. The normalized spacial score (nSPS) is 16.4. The van der Waals surface area contributed by atoms with Crippen molar-refractivity contribution in [2.24, 2.45) is 5.92 Å². The Morgan fingerprint density at radius 1 is 1.19 bits per heavy atom. The second-order valence-corrected chi connectivity index (χ2v) is 7.39. The first kappa shape index (κ1) is 22.7. The largest absolute Gasteiger partial charge is 0.495 e. The molecule has 1 heterocycles. The average Bonchev–Trinajstić information content (AvgIpc) is 3.13. The number of benzene rings is 2. The van der Waals surface area contributed by atoms with Gasteiger partial charge in [0.25, 0.3) is 0 Å². The van der Waals surface area contributed by atoms with Gasteiger partial charge in [0.2, 0.25) is 11.8 Å². The van der Waals surface area contributed by atoms with E-state index in [0.717, 1.165) is 12.1 Å². The maximum absolute atomic E-state index is 12.8. The summed E-state index contributed by atoms with van der Waals surface area (Å²) in [4.78, 5) is 26.5. The van der Waals surface area contributed by atoms with Crippen molar-refractivity contribution >= 4 is 29.1 Å². The second kappa shape index (κ2) is 9.05. The highest BCUT2D eigenvalue weighted by Crippen LogP contribution is 2.40. The number of ether oxygens (including phenoxy) is 2. The van der Waals surface area contributed by atoms with Crippen LogP contribution in [0, 0.1) is 5.92 Å². The van der Waals surface area contributed by atoms with Crippen LogP contribution in [0.4, 0.5) is 18.9 Å². The smallest absolute Gasteiger partial charge is 0.416 e. The van der Waals surface area contributed by atoms with Gasteiger partial charge in [-0.3, -0.25) is 9.59 Å². The molecule has 0 unspecified atom stereocenters. The minimum atomic E-state index is -4.46. The van der Waals surface area contributed by atoms with Gasteiger partial charge in [0, 0.05) is 25.6 Å². The summed E-state index contributed by atoms with van der Waals surface area (Å²) >= 11 is 6.17. The van der Waals surface area contributed by atoms with Crippen molar-refractivity contribution in [3.05, 3.63) is 52.5 Å². The maximum atomic E-state index is 12.8. The van der Waals surface area contributed by atoms with Crippen LogP contribution in [0.3, 0.4) is 0 Å².